The Morgan fingerprint density at radius 2 is 2.14 bits per heavy atom. The summed E-state index contributed by atoms with van der Waals surface area (Å²) in [5.41, 5.74) is 0.509. The van der Waals surface area contributed by atoms with Gasteiger partial charge in [0.25, 0.3) is 0 Å². The first-order valence-electron chi connectivity index (χ1n) is 5.70. The lowest BCUT2D eigenvalue weighted by Gasteiger charge is -2.10. The first-order chi connectivity index (χ1) is 9.88. The second-order valence-electron chi connectivity index (χ2n) is 4.00. The Bertz CT molecular complexity index is 631. The fraction of sp³-hybridized carbons (Fsp3) is 0.273. The number of aromatic nitrogens is 2. The van der Waals surface area contributed by atoms with Crippen molar-refractivity contribution in [1.82, 2.24) is 9.97 Å². The molecule has 0 saturated heterocycles. The summed E-state index contributed by atoms with van der Waals surface area (Å²) >= 11 is 1.39. The highest BCUT2D eigenvalue weighted by Gasteiger charge is 2.34. The summed E-state index contributed by atoms with van der Waals surface area (Å²) in [7, 11) is 0. The predicted molar refractivity (Wildman–Crippen MR) is 70.2 cm³/mol. The van der Waals surface area contributed by atoms with Gasteiger partial charge in [0.15, 0.2) is 0 Å². The van der Waals surface area contributed by atoms with E-state index in [1.165, 1.54) is 11.3 Å². The molecule has 0 bridgehead atoms. The van der Waals surface area contributed by atoms with Gasteiger partial charge in [0.1, 0.15) is 17.6 Å². The summed E-state index contributed by atoms with van der Waals surface area (Å²) < 4.78 is 37.7. The van der Waals surface area contributed by atoms with Gasteiger partial charge in [-0.2, -0.15) is 13.2 Å². The molecule has 0 aliphatic heterocycles. The van der Waals surface area contributed by atoms with Crippen LogP contribution in [0.2, 0.25) is 0 Å². The number of nitro groups is 1. The van der Waals surface area contributed by atoms with Gasteiger partial charge in [-0.25, -0.2) is 9.97 Å². The molecule has 0 radical (unpaired) electrons. The minimum Gasteiger partial charge on any atom is -0.379 e. The average Bonchev–Trinajstić information content (AvgIpc) is 2.90. The van der Waals surface area contributed by atoms with Crippen molar-refractivity contribution in [2.45, 2.75) is 12.6 Å². The molecule has 2 heterocycles. The van der Waals surface area contributed by atoms with Gasteiger partial charge in [-0.15, -0.1) is 11.3 Å². The average molecular weight is 318 g/mol. The molecule has 0 unspecified atom stereocenters. The van der Waals surface area contributed by atoms with E-state index in [0.29, 0.717) is 18.7 Å². The van der Waals surface area contributed by atoms with Crippen molar-refractivity contribution in [1.29, 1.82) is 0 Å². The number of hydrogen-bond donors (Lipinski definition) is 1. The molecule has 10 heteroatoms. The quantitative estimate of drug-likeness (QED) is 0.676. The van der Waals surface area contributed by atoms with Crippen molar-refractivity contribution in [3.63, 3.8) is 0 Å². The van der Waals surface area contributed by atoms with E-state index >= 15 is 0 Å². The maximum Gasteiger partial charge on any atom is 0.433 e. The summed E-state index contributed by atoms with van der Waals surface area (Å²) in [5.74, 6) is 0. The lowest BCUT2D eigenvalue weighted by molar-refractivity contribution is -0.384. The highest BCUT2D eigenvalue weighted by molar-refractivity contribution is 7.07. The van der Waals surface area contributed by atoms with Crippen LogP contribution in [0.15, 0.2) is 23.2 Å². The van der Waals surface area contributed by atoms with Gasteiger partial charge < -0.3 is 5.32 Å². The van der Waals surface area contributed by atoms with Crippen molar-refractivity contribution < 1.29 is 18.1 Å². The Morgan fingerprint density at radius 1 is 1.38 bits per heavy atom. The first kappa shape index (κ1) is 15.2. The second kappa shape index (κ2) is 6.04. The molecule has 6 nitrogen and oxygen atoms in total. The number of anilines is 1. The van der Waals surface area contributed by atoms with Crippen molar-refractivity contribution in [3.05, 3.63) is 44.7 Å². The van der Waals surface area contributed by atoms with Gasteiger partial charge in [-0.05, 0) is 6.07 Å². The Kier molecular flexibility index (Phi) is 4.36. The van der Waals surface area contributed by atoms with E-state index in [1.54, 1.807) is 10.9 Å². The molecule has 0 aliphatic rings. The third-order valence-electron chi connectivity index (χ3n) is 2.55. The normalized spacial score (nSPS) is 11.4. The van der Waals surface area contributed by atoms with Gasteiger partial charge in [-0.3, -0.25) is 10.1 Å². The summed E-state index contributed by atoms with van der Waals surface area (Å²) in [5, 5.41) is 15.2. The number of nitrogens with one attached hydrogen (secondary N) is 1. The molecule has 2 rings (SSSR count). The van der Waals surface area contributed by atoms with E-state index in [0.717, 1.165) is 5.69 Å². The van der Waals surface area contributed by atoms with Crippen LogP contribution in [0.3, 0.4) is 0 Å². The van der Waals surface area contributed by atoms with E-state index < -0.39 is 22.5 Å². The van der Waals surface area contributed by atoms with E-state index in [2.05, 4.69) is 15.3 Å². The summed E-state index contributed by atoms with van der Waals surface area (Å²) in [6, 6.07) is 0.638. The minimum absolute atomic E-state index is 0.211. The number of hydrogen-bond acceptors (Lipinski definition) is 6. The van der Waals surface area contributed by atoms with Crippen LogP contribution in [-0.4, -0.2) is 21.4 Å². The SMILES string of the molecule is O=[N+]([O-])c1cnc(C(F)(F)F)cc1NCCc1cscn1. The van der Waals surface area contributed by atoms with E-state index in [1.807, 2.05) is 0 Å². The van der Waals surface area contributed by atoms with Crippen LogP contribution in [0.1, 0.15) is 11.4 Å². The van der Waals surface area contributed by atoms with Gasteiger partial charge in [0.05, 0.1) is 16.1 Å². The summed E-state index contributed by atoms with van der Waals surface area (Å²) in [4.78, 5) is 17.1. The molecule has 0 aromatic carbocycles. The van der Waals surface area contributed by atoms with Crippen LogP contribution in [0.5, 0.6) is 0 Å². The fourth-order valence-electron chi connectivity index (χ4n) is 1.58. The van der Waals surface area contributed by atoms with Crippen molar-refractivity contribution in [3.8, 4) is 0 Å². The third kappa shape index (κ3) is 3.88. The van der Waals surface area contributed by atoms with Gasteiger partial charge >= 0.3 is 11.9 Å². The molecule has 0 amide bonds. The lowest BCUT2D eigenvalue weighted by atomic mass is 10.2. The molecule has 0 atom stereocenters. The number of halogens is 3. The van der Waals surface area contributed by atoms with Gasteiger partial charge in [0.2, 0.25) is 0 Å². The molecule has 1 N–H and O–H groups in total. The van der Waals surface area contributed by atoms with Crippen LogP contribution < -0.4 is 5.32 Å². The number of alkyl halides is 3. The molecule has 21 heavy (non-hydrogen) atoms. The first-order valence-corrected chi connectivity index (χ1v) is 6.65. The van der Waals surface area contributed by atoms with Crippen LogP contribution in [0, 0.1) is 10.1 Å². The number of thiazole rings is 1. The van der Waals surface area contributed by atoms with Gasteiger partial charge in [0, 0.05) is 18.3 Å². The molecule has 2 aromatic rings. The second-order valence-corrected chi connectivity index (χ2v) is 4.72. The maximum atomic E-state index is 12.6. The molecule has 2 aromatic heterocycles. The monoisotopic (exact) mass is 318 g/mol. The predicted octanol–water partition coefficient (Wildman–Crippen LogP) is 3.12. The fourth-order valence-corrected chi connectivity index (χ4v) is 2.17. The molecule has 112 valence electrons. The van der Waals surface area contributed by atoms with E-state index in [-0.39, 0.29) is 12.2 Å². The standard InChI is InChI=1S/C11H9F3N4O2S/c12-11(13,14)10-3-8(9(4-16-10)18(19)20)15-2-1-7-5-21-6-17-7/h3-6H,1-2H2,(H,15,16). The highest BCUT2D eigenvalue weighted by Crippen LogP contribution is 2.32. The number of nitrogens with zero attached hydrogens (tertiary/aromatic N) is 3. The molecule has 0 fully saturated rings. The molecular formula is C11H9F3N4O2S. The van der Waals surface area contributed by atoms with Crippen LogP contribution >= 0.6 is 11.3 Å². The largest absolute Gasteiger partial charge is 0.433 e. The van der Waals surface area contributed by atoms with Crippen molar-refractivity contribution >= 4 is 22.7 Å². The Labute approximate surface area is 120 Å². The molecule has 0 spiro atoms. The topological polar surface area (TPSA) is 81.0 Å². The third-order valence-corrected chi connectivity index (χ3v) is 3.19. The van der Waals surface area contributed by atoms with E-state index in [4.69, 9.17) is 0 Å². The summed E-state index contributed by atoms with van der Waals surface area (Å²) in [6.45, 7) is 0.228. The molecular weight excluding hydrogens is 309 g/mol. The van der Waals surface area contributed by atoms with E-state index in [9.17, 15) is 23.3 Å². The number of rotatable bonds is 5. The minimum atomic E-state index is -4.65. The lowest BCUT2D eigenvalue weighted by Crippen LogP contribution is -2.12. The van der Waals surface area contributed by atoms with Gasteiger partial charge in [-0.1, -0.05) is 0 Å². The zero-order valence-electron chi connectivity index (χ0n) is 10.4. The Hall–Kier alpha value is -2.23. The van der Waals surface area contributed by atoms with Crippen LogP contribution in [0.25, 0.3) is 0 Å². The zero-order valence-corrected chi connectivity index (χ0v) is 11.2. The summed E-state index contributed by atoms with van der Waals surface area (Å²) in [6.07, 6.45) is -3.60. The smallest absolute Gasteiger partial charge is 0.379 e. The van der Waals surface area contributed by atoms with Crippen LogP contribution in [-0.2, 0) is 12.6 Å². The van der Waals surface area contributed by atoms with Crippen molar-refractivity contribution in [2.75, 3.05) is 11.9 Å². The van der Waals surface area contributed by atoms with Crippen LogP contribution in [0.4, 0.5) is 24.5 Å². The highest BCUT2D eigenvalue weighted by atomic mass is 32.1. The van der Waals surface area contributed by atoms with Crippen molar-refractivity contribution in [2.24, 2.45) is 0 Å². The number of pyridine rings is 1. The maximum absolute atomic E-state index is 12.6. The molecule has 0 aliphatic carbocycles. The molecule has 0 saturated carbocycles. The zero-order chi connectivity index (χ0) is 15.5. The Balaban J connectivity index is 2.16. The Morgan fingerprint density at radius 3 is 2.71 bits per heavy atom.